The largest absolute Gasteiger partial charge is 0.383 e. The minimum atomic E-state index is 0.632. The molecule has 0 spiro atoms. The van der Waals surface area contributed by atoms with Crippen molar-refractivity contribution in [2.45, 2.75) is 32.2 Å². The maximum Gasteiger partial charge on any atom is 0.0354 e. The first-order valence-corrected chi connectivity index (χ1v) is 6.78. The first-order valence-electron chi connectivity index (χ1n) is 5.98. The van der Waals surface area contributed by atoms with Crippen LogP contribution in [0.3, 0.4) is 0 Å². The van der Waals surface area contributed by atoms with Gasteiger partial charge < -0.3 is 10.6 Å². The molecule has 1 saturated heterocycles. The number of rotatable bonds is 3. The van der Waals surface area contributed by atoms with Gasteiger partial charge in [0, 0.05) is 22.7 Å². The van der Waals surface area contributed by atoms with Gasteiger partial charge in [0.25, 0.3) is 0 Å². The van der Waals surface area contributed by atoms with Gasteiger partial charge in [0.1, 0.15) is 0 Å². The highest BCUT2D eigenvalue weighted by atomic mass is 79.9. The third-order valence-electron chi connectivity index (χ3n) is 3.01. The van der Waals surface area contributed by atoms with E-state index in [0.29, 0.717) is 6.04 Å². The van der Waals surface area contributed by atoms with E-state index in [-0.39, 0.29) is 0 Å². The zero-order valence-electron chi connectivity index (χ0n) is 9.72. The summed E-state index contributed by atoms with van der Waals surface area (Å²) < 4.78 is 1.15. The summed E-state index contributed by atoms with van der Waals surface area (Å²) >= 11 is 3.52. The van der Waals surface area contributed by atoms with E-state index >= 15 is 0 Å². The Morgan fingerprint density at radius 2 is 2.25 bits per heavy atom. The second-order valence-electron chi connectivity index (χ2n) is 4.54. The predicted molar refractivity (Wildman–Crippen MR) is 73.0 cm³/mol. The molecule has 16 heavy (non-hydrogen) atoms. The molecular formula is C13H19BrN2. The van der Waals surface area contributed by atoms with Gasteiger partial charge in [0.2, 0.25) is 0 Å². The molecule has 0 radical (unpaired) electrons. The quantitative estimate of drug-likeness (QED) is 0.889. The fourth-order valence-electron chi connectivity index (χ4n) is 2.18. The summed E-state index contributed by atoms with van der Waals surface area (Å²) in [6, 6.07) is 7.08. The molecule has 1 aromatic carbocycles. The van der Waals surface area contributed by atoms with E-state index in [2.05, 4.69) is 51.7 Å². The maximum atomic E-state index is 3.54. The first-order chi connectivity index (χ1) is 7.74. The van der Waals surface area contributed by atoms with E-state index in [1.165, 1.54) is 37.1 Å². The SMILES string of the molecule is Cc1cc(Br)cc(NCC2CCCCN2)c1. The molecule has 0 aliphatic carbocycles. The monoisotopic (exact) mass is 282 g/mol. The van der Waals surface area contributed by atoms with Crippen molar-refractivity contribution < 1.29 is 0 Å². The summed E-state index contributed by atoms with van der Waals surface area (Å²) in [5, 5.41) is 7.05. The summed E-state index contributed by atoms with van der Waals surface area (Å²) in [5.41, 5.74) is 2.49. The molecule has 0 aromatic heterocycles. The van der Waals surface area contributed by atoms with Crippen molar-refractivity contribution in [2.24, 2.45) is 0 Å². The Hall–Kier alpha value is -0.540. The Morgan fingerprint density at radius 3 is 2.94 bits per heavy atom. The molecule has 2 nitrogen and oxygen atoms in total. The van der Waals surface area contributed by atoms with Crippen LogP contribution >= 0.6 is 15.9 Å². The summed E-state index contributed by atoms with van der Waals surface area (Å²) in [6.45, 7) is 4.31. The predicted octanol–water partition coefficient (Wildman–Crippen LogP) is 3.31. The normalized spacial score (nSPS) is 20.8. The molecule has 1 unspecified atom stereocenters. The molecule has 3 heteroatoms. The van der Waals surface area contributed by atoms with Gasteiger partial charge >= 0.3 is 0 Å². The Balaban J connectivity index is 1.88. The highest BCUT2D eigenvalue weighted by Crippen LogP contribution is 2.19. The number of nitrogens with one attached hydrogen (secondary N) is 2. The lowest BCUT2D eigenvalue weighted by atomic mass is 10.1. The molecule has 1 aliphatic heterocycles. The van der Waals surface area contributed by atoms with Crippen LogP contribution in [0.4, 0.5) is 5.69 Å². The molecule has 1 atom stereocenters. The van der Waals surface area contributed by atoms with E-state index < -0.39 is 0 Å². The topological polar surface area (TPSA) is 24.1 Å². The number of halogens is 1. The van der Waals surface area contributed by atoms with Crippen LogP contribution in [-0.2, 0) is 0 Å². The van der Waals surface area contributed by atoms with Crippen LogP contribution in [0.15, 0.2) is 22.7 Å². The van der Waals surface area contributed by atoms with Crippen molar-refractivity contribution in [2.75, 3.05) is 18.4 Å². The molecule has 0 amide bonds. The van der Waals surface area contributed by atoms with Crippen LogP contribution in [0.2, 0.25) is 0 Å². The van der Waals surface area contributed by atoms with Crippen molar-refractivity contribution in [1.82, 2.24) is 5.32 Å². The average molecular weight is 283 g/mol. The number of hydrogen-bond acceptors (Lipinski definition) is 2. The van der Waals surface area contributed by atoms with Crippen LogP contribution in [0, 0.1) is 6.92 Å². The number of piperidine rings is 1. The van der Waals surface area contributed by atoms with Crippen LogP contribution in [0.1, 0.15) is 24.8 Å². The molecule has 1 aliphatic rings. The van der Waals surface area contributed by atoms with Crippen LogP contribution in [-0.4, -0.2) is 19.1 Å². The maximum absolute atomic E-state index is 3.54. The van der Waals surface area contributed by atoms with E-state index in [1.54, 1.807) is 0 Å². The van der Waals surface area contributed by atoms with Gasteiger partial charge in [-0.25, -0.2) is 0 Å². The van der Waals surface area contributed by atoms with Crippen LogP contribution in [0.5, 0.6) is 0 Å². The zero-order valence-corrected chi connectivity index (χ0v) is 11.3. The molecule has 1 heterocycles. The molecule has 0 bridgehead atoms. The first kappa shape index (κ1) is 11.9. The van der Waals surface area contributed by atoms with Gasteiger partial charge in [-0.3, -0.25) is 0 Å². The molecule has 1 fully saturated rings. The highest BCUT2D eigenvalue weighted by Gasteiger charge is 2.11. The molecular weight excluding hydrogens is 264 g/mol. The minimum Gasteiger partial charge on any atom is -0.383 e. The zero-order chi connectivity index (χ0) is 11.4. The van der Waals surface area contributed by atoms with Crippen LogP contribution in [0.25, 0.3) is 0 Å². The Kier molecular flexibility index (Phi) is 4.24. The lowest BCUT2D eigenvalue weighted by molar-refractivity contribution is 0.414. The van der Waals surface area contributed by atoms with Crippen molar-refractivity contribution >= 4 is 21.6 Å². The number of benzene rings is 1. The summed E-state index contributed by atoms with van der Waals surface area (Å²) in [7, 11) is 0. The highest BCUT2D eigenvalue weighted by molar-refractivity contribution is 9.10. The molecule has 2 N–H and O–H groups in total. The third-order valence-corrected chi connectivity index (χ3v) is 3.46. The second kappa shape index (κ2) is 5.69. The molecule has 0 saturated carbocycles. The summed E-state index contributed by atoms with van der Waals surface area (Å²) in [5.74, 6) is 0. The molecule has 2 rings (SSSR count). The number of hydrogen-bond donors (Lipinski definition) is 2. The number of anilines is 1. The van der Waals surface area contributed by atoms with Crippen LogP contribution < -0.4 is 10.6 Å². The van der Waals surface area contributed by atoms with E-state index in [4.69, 9.17) is 0 Å². The Bertz CT molecular complexity index is 326. The van der Waals surface area contributed by atoms with Crippen molar-refractivity contribution in [3.63, 3.8) is 0 Å². The van der Waals surface area contributed by atoms with Crippen molar-refractivity contribution in [1.29, 1.82) is 0 Å². The second-order valence-corrected chi connectivity index (χ2v) is 5.46. The molecule has 1 aromatic rings. The summed E-state index contributed by atoms with van der Waals surface area (Å²) in [4.78, 5) is 0. The van der Waals surface area contributed by atoms with E-state index in [9.17, 15) is 0 Å². The average Bonchev–Trinajstić information content (AvgIpc) is 2.27. The van der Waals surface area contributed by atoms with Gasteiger partial charge in [0.15, 0.2) is 0 Å². The Morgan fingerprint density at radius 1 is 1.38 bits per heavy atom. The molecule has 88 valence electrons. The van der Waals surface area contributed by atoms with Gasteiger partial charge in [-0.05, 0) is 50.1 Å². The lowest BCUT2D eigenvalue weighted by Crippen LogP contribution is -2.39. The Labute approximate surface area is 106 Å². The minimum absolute atomic E-state index is 0.632. The fourth-order valence-corrected chi connectivity index (χ4v) is 2.79. The number of aryl methyl sites for hydroxylation is 1. The van der Waals surface area contributed by atoms with E-state index in [0.717, 1.165) is 11.0 Å². The summed E-state index contributed by atoms with van der Waals surface area (Å²) in [6.07, 6.45) is 3.98. The lowest BCUT2D eigenvalue weighted by Gasteiger charge is -2.24. The van der Waals surface area contributed by atoms with Crippen molar-refractivity contribution in [3.05, 3.63) is 28.2 Å². The van der Waals surface area contributed by atoms with Gasteiger partial charge in [0.05, 0.1) is 0 Å². The van der Waals surface area contributed by atoms with E-state index in [1.807, 2.05) is 0 Å². The third kappa shape index (κ3) is 3.49. The van der Waals surface area contributed by atoms with Crippen molar-refractivity contribution in [3.8, 4) is 0 Å². The fraction of sp³-hybridized carbons (Fsp3) is 0.538. The van der Waals surface area contributed by atoms with Gasteiger partial charge in [-0.15, -0.1) is 0 Å². The smallest absolute Gasteiger partial charge is 0.0354 e. The van der Waals surface area contributed by atoms with Gasteiger partial charge in [-0.1, -0.05) is 22.4 Å². The standard InChI is InChI=1S/C13H19BrN2/c1-10-6-11(14)8-13(7-10)16-9-12-4-2-3-5-15-12/h6-8,12,15-16H,2-5,9H2,1H3. The van der Waals surface area contributed by atoms with Gasteiger partial charge in [-0.2, -0.15) is 0 Å².